The highest BCUT2D eigenvalue weighted by Crippen LogP contribution is 2.25. The number of aryl methyl sites for hydroxylation is 1. The predicted molar refractivity (Wildman–Crippen MR) is 87.5 cm³/mol. The number of fused-ring (bicyclic) bond motifs is 1. The molecule has 0 fully saturated rings. The fourth-order valence-electron chi connectivity index (χ4n) is 2.46. The molecule has 0 saturated carbocycles. The van der Waals surface area contributed by atoms with Gasteiger partial charge >= 0.3 is 5.63 Å². The number of hydrogen-bond acceptors (Lipinski definition) is 4. The van der Waals surface area contributed by atoms with Crippen LogP contribution in [0.2, 0.25) is 0 Å². The van der Waals surface area contributed by atoms with E-state index in [4.69, 9.17) is 9.15 Å². The maximum atomic E-state index is 11.7. The maximum absolute atomic E-state index is 11.7. The molecule has 4 heteroatoms. The second kappa shape index (κ2) is 5.93. The number of para-hydroxylation sites is 2. The summed E-state index contributed by atoms with van der Waals surface area (Å²) in [5, 5.41) is 4.25. The van der Waals surface area contributed by atoms with E-state index in [0.29, 0.717) is 12.1 Å². The predicted octanol–water partition coefficient (Wildman–Crippen LogP) is 3.72. The minimum Gasteiger partial charge on any atom is -0.495 e. The molecule has 0 spiro atoms. The molecular formula is C18H17NO3. The summed E-state index contributed by atoms with van der Waals surface area (Å²) in [5.74, 6) is 0.769. The molecule has 22 heavy (non-hydrogen) atoms. The van der Waals surface area contributed by atoms with Gasteiger partial charge in [-0.15, -0.1) is 0 Å². The highest BCUT2D eigenvalue weighted by atomic mass is 16.5. The molecular weight excluding hydrogens is 278 g/mol. The van der Waals surface area contributed by atoms with E-state index in [-0.39, 0.29) is 5.63 Å². The molecule has 0 radical (unpaired) electrons. The van der Waals surface area contributed by atoms with E-state index in [0.717, 1.165) is 28.0 Å². The van der Waals surface area contributed by atoms with Crippen LogP contribution in [-0.4, -0.2) is 7.11 Å². The molecule has 2 aromatic carbocycles. The number of anilines is 1. The van der Waals surface area contributed by atoms with Crippen LogP contribution in [0.5, 0.6) is 5.75 Å². The van der Waals surface area contributed by atoms with Gasteiger partial charge in [0.2, 0.25) is 0 Å². The molecule has 3 rings (SSSR count). The Hall–Kier alpha value is -2.75. The highest BCUT2D eigenvalue weighted by molar-refractivity contribution is 5.81. The van der Waals surface area contributed by atoms with Crippen LogP contribution in [-0.2, 0) is 6.54 Å². The smallest absolute Gasteiger partial charge is 0.336 e. The van der Waals surface area contributed by atoms with Gasteiger partial charge in [0.05, 0.1) is 12.8 Å². The summed E-state index contributed by atoms with van der Waals surface area (Å²) in [6, 6.07) is 15.1. The van der Waals surface area contributed by atoms with E-state index in [1.54, 1.807) is 7.11 Å². The summed E-state index contributed by atoms with van der Waals surface area (Å²) in [5.41, 5.74) is 3.13. The lowest BCUT2D eigenvalue weighted by Gasteiger charge is -2.12. The largest absolute Gasteiger partial charge is 0.495 e. The molecule has 0 aliphatic heterocycles. The van der Waals surface area contributed by atoms with Gasteiger partial charge in [0, 0.05) is 18.0 Å². The standard InChI is InChI=1S/C18H17NO3/c1-12-7-8-14-13(10-18(20)22-17(14)9-12)11-19-15-5-3-4-6-16(15)21-2/h3-10,19H,11H2,1-2H3. The summed E-state index contributed by atoms with van der Waals surface area (Å²) in [7, 11) is 1.63. The van der Waals surface area contributed by atoms with Crippen LogP contribution in [0.3, 0.4) is 0 Å². The van der Waals surface area contributed by atoms with Crippen molar-refractivity contribution in [1.29, 1.82) is 0 Å². The first-order valence-electron chi connectivity index (χ1n) is 7.07. The fourth-order valence-corrected chi connectivity index (χ4v) is 2.46. The zero-order valence-corrected chi connectivity index (χ0v) is 12.6. The van der Waals surface area contributed by atoms with Crippen molar-refractivity contribution < 1.29 is 9.15 Å². The van der Waals surface area contributed by atoms with Crippen LogP contribution in [0, 0.1) is 6.92 Å². The van der Waals surface area contributed by atoms with E-state index in [1.165, 1.54) is 6.07 Å². The lowest BCUT2D eigenvalue weighted by atomic mass is 10.1. The van der Waals surface area contributed by atoms with Gasteiger partial charge in [0.25, 0.3) is 0 Å². The zero-order chi connectivity index (χ0) is 15.5. The molecule has 0 unspecified atom stereocenters. The summed E-state index contributed by atoms with van der Waals surface area (Å²) in [6.07, 6.45) is 0. The van der Waals surface area contributed by atoms with Crippen LogP contribution in [0.4, 0.5) is 5.69 Å². The van der Waals surface area contributed by atoms with Gasteiger partial charge in [0.15, 0.2) is 0 Å². The molecule has 0 bridgehead atoms. The minimum absolute atomic E-state index is 0.338. The number of benzene rings is 2. The Kier molecular flexibility index (Phi) is 3.83. The lowest BCUT2D eigenvalue weighted by molar-refractivity contribution is 0.416. The average molecular weight is 295 g/mol. The zero-order valence-electron chi connectivity index (χ0n) is 12.6. The van der Waals surface area contributed by atoms with E-state index in [2.05, 4.69) is 5.32 Å². The highest BCUT2D eigenvalue weighted by Gasteiger charge is 2.07. The third-order valence-electron chi connectivity index (χ3n) is 3.56. The molecule has 0 amide bonds. The Morgan fingerprint density at radius 3 is 2.77 bits per heavy atom. The topological polar surface area (TPSA) is 51.5 Å². The first kappa shape index (κ1) is 14.2. The molecule has 0 atom stereocenters. The quantitative estimate of drug-likeness (QED) is 0.745. The number of methoxy groups -OCH3 is 1. The van der Waals surface area contributed by atoms with Crippen LogP contribution < -0.4 is 15.7 Å². The van der Waals surface area contributed by atoms with E-state index in [1.807, 2.05) is 49.4 Å². The van der Waals surface area contributed by atoms with Crippen LogP contribution >= 0.6 is 0 Å². The van der Waals surface area contributed by atoms with Crippen molar-refractivity contribution >= 4 is 16.7 Å². The fraction of sp³-hybridized carbons (Fsp3) is 0.167. The molecule has 0 aliphatic rings. The summed E-state index contributed by atoms with van der Waals surface area (Å²) < 4.78 is 10.6. The van der Waals surface area contributed by atoms with Crippen molar-refractivity contribution in [3.63, 3.8) is 0 Å². The first-order valence-corrected chi connectivity index (χ1v) is 7.07. The first-order chi connectivity index (χ1) is 10.7. The van der Waals surface area contributed by atoms with Crippen molar-refractivity contribution in [2.24, 2.45) is 0 Å². The van der Waals surface area contributed by atoms with Gasteiger partial charge < -0.3 is 14.5 Å². The van der Waals surface area contributed by atoms with Crippen molar-refractivity contribution in [1.82, 2.24) is 0 Å². The normalized spacial score (nSPS) is 10.6. The van der Waals surface area contributed by atoms with Gasteiger partial charge in [-0.05, 0) is 36.2 Å². The van der Waals surface area contributed by atoms with E-state index in [9.17, 15) is 4.79 Å². The molecule has 0 saturated heterocycles. The Balaban J connectivity index is 1.95. The number of rotatable bonds is 4. The molecule has 0 aliphatic carbocycles. The summed E-state index contributed by atoms with van der Waals surface area (Å²) in [4.78, 5) is 11.7. The van der Waals surface area contributed by atoms with Crippen LogP contribution in [0.1, 0.15) is 11.1 Å². The van der Waals surface area contributed by atoms with Crippen LogP contribution in [0.25, 0.3) is 11.0 Å². The van der Waals surface area contributed by atoms with Crippen molar-refractivity contribution in [3.05, 3.63) is 70.1 Å². The van der Waals surface area contributed by atoms with Crippen molar-refractivity contribution in [3.8, 4) is 5.75 Å². The number of nitrogens with one attached hydrogen (secondary N) is 1. The monoisotopic (exact) mass is 295 g/mol. The molecule has 4 nitrogen and oxygen atoms in total. The third kappa shape index (κ3) is 2.81. The van der Waals surface area contributed by atoms with E-state index >= 15 is 0 Å². The van der Waals surface area contributed by atoms with Gasteiger partial charge in [-0.2, -0.15) is 0 Å². The number of ether oxygens (including phenoxy) is 1. The van der Waals surface area contributed by atoms with Gasteiger partial charge in [-0.1, -0.05) is 24.3 Å². The second-order valence-corrected chi connectivity index (χ2v) is 5.14. The lowest BCUT2D eigenvalue weighted by Crippen LogP contribution is -2.06. The maximum Gasteiger partial charge on any atom is 0.336 e. The Labute approximate surface area is 128 Å². The van der Waals surface area contributed by atoms with Crippen LogP contribution in [0.15, 0.2) is 57.7 Å². The third-order valence-corrected chi connectivity index (χ3v) is 3.56. The Morgan fingerprint density at radius 2 is 1.95 bits per heavy atom. The van der Waals surface area contributed by atoms with E-state index < -0.39 is 0 Å². The molecule has 3 aromatic rings. The van der Waals surface area contributed by atoms with Crippen molar-refractivity contribution in [2.75, 3.05) is 12.4 Å². The average Bonchev–Trinajstić information content (AvgIpc) is 2.52. The van der Waals surface area contributed by atoms with Gasteiger partial charge in [0.1, 0.15) is 11.3 Å². The second-order valence-electron chi connectivity index (χ2n) is 5.14. The van der Waals surface area contributed by atoms with Gasteiger partial charge in [-0.25, -0.2) is 4.79 Å². The number of hydrogen-bond donors (Lipinski definition) is 1. The van der Waals surface area contributed by atoms with Crippen molar-refractivity contribution in [2.45, 2.75) is 13.5 Å². The Bertz CT molecular complexity index is 868. The summed E-state index contributed by atoms with van der Waals surface area (Å²) >= 11 is 0. The summed E-state index contributed by atoms with van der Waals surface area (Å²) in [6.45, 7) is 2.49. The van der Waals surface area contributed by atoms with Gasteiger partial charge in [-0.3, -0.25) is 0 Å². The molecule has 1 aromatic heterocycles. The molecule has 112 valence electrons. The minimum atomic E-state index is -0.338. The SMILES string of the molecule is COc1ccccc1NCc1cc(=O)oc2cc(C)ccc12. The molecule has 1 N–H and O–H groups in total. The Morgan fingerprint density at radius 1 is 1.14 bits per heavy atom. The molecule has 1 heterocycles.